The molecule has 0 aliphatic heterocycles. The highest BCUT2D eigenvalue weighted by Gasteiger charge is 2.04. The van der Waals surface area contributed by atoms with E-state index in [1.165, 1.54) is 3.57 Å². The molecular formula is C8H9ClIN. The van der Waals surface area contributed by atoms with E-state index in [0.717, 1.165) is 10.6 Å². The van der Waals surface area contributed by atoms with E-state index in [2.05, 4.69) is 22.6 Å². The van der Waals surface area contributed by atoms with Crippen molar-refractivity contribution in [3.05, 3.63) is 32.4 Å². The van der Waals surface area contributed by atoms with Crippen LogP contribution in [-0.4, -0.2) is 0 Å². The number of nitrogens with two attached hydrogens (primary N) is 1. The SMILES string of the molecule is C[C@H](N)c1cc(I)ccc1Cl. The summed E-state index contributed by atoms with van der Waals surface area (Å²) >= 11 is 8.15. The zero-order chi connectivity index (χ0) is 8.43. The molecule has 1 aromatic carbocycles. The summed E-state index contributed by atoms with van der Waals surface area (Å²) in [6.45, 7) is 1.93. The van der Waals surface area contributed by atoms with Gasteiger partial charge in [0.15, 0.2) is 0 Å². The summed E-state index contributed by atoms with van der Waals surface area (Å²) in [5.41, 5.74) is 6.71. The molecule has 0 aliphatic carbocycles. The summed E-state index contributed by atoms with van der Waals surface area (Å²) in [6, 6.07) is 5.86. The van der Waals surface area contributed by atoms with Crippen LogP contribution in [0.15, 0.2) is 18.2 Å². The van der Waals surface area contributed by atoms with Gasteiger partial charge in [0.2, 0.25) is 0 Å². The molecule has 0 aromatic heterocycles. The predicted molar refractivity (Wildman–Crippen MR) is 56.8 cm³/mol. The minimum atomic E-state index is 0.0113. The third kappa shape index (κ3) is 2.32. The van der Waals surface area contributed by atoms with Crippen molar-refractivity contribution in [1.82, 2.24) is 0 Å². The van der Waals surface area contributed by atoms with Crippen molar-refractivity contribution >= 4 is 34.2 Å². The van der Waals surface area contributed by atoms with Crippen LogP contribution >= 0.6 is 34.2 Å². The molecule has 0 amide bonds. The summed E-state index contributed by atoms with van der Waals surface area (Å²) < 4.78 is 1.17. The first-order chi connectivity index (χ1) is 5.11. The quantitative estimate of drug-likeness (QED) is 0.787. The molecule has 0 heterocycles. The van der Waals surface area contributed by atoms with Crippen LogP contribution < -0.4 is 5.73 Å². The maximum absolute atomic E-state index is 5.91. The molecule has 0 aliphatic rings. The van der Waals surface area contributed by atoms with E-state index < -0.39 is 0 Å². The molecule has 1 aromatic rings. The van der Waals surface area contributed by atoms with Gasteiger partial charge >= 0.3 is 0 Å². The second-order valence-electron chi connectivity index (χ2n) is 2.45. The fourth-order valence-corrected chi connectivity index (χ4v) is 1.67. The smallest absolute Gasteiger partial charge is 0.0454 e. The van der Waals surface area contributed by atoms with Crippen LogP contribution in [0.2, 0.25) is 5.02 Å². The van der Waals surface area contributed by atoms with Gasteiger partial charge in [0.25, 0.3) is 0 Å². The van der Waals surface area contributed by atoms with Gasteiger partial charge in [-0.1, -0.05) is 11.6 Å². The monoisotopic (exact) mass is 281 g/mol. The summed E-state index contributed by atoms with van der Waals surface area (Å²) in [4.78, 5) is 0. The first-order valence-corrected chi connectivity index (χ1v) is 4.77. The Morgan fingerprint density at radius 2 is 2.18 bits per heavy atom. The zero-order valence-corrected chi connectivity index (χ0v) is 9.06. The maximum atomic E-state index is 5.91. The summed E-state index contributed by atoms with van der Waals surface area (Å²) in [5, 5.41) is 0.750. The fraction of sp³-hybridized carbons (Fsp3) is 0.250. The molecule has 1 atom stereocenters. The standard InChI is InChI=1S/C8H9ClIN/c1-5(11)7-4-6(10)2-3-8(7)9/h2-5H,11H2,1H3/t5-/m0/s1. The van der Waals surface area contributed by atoms with Crippen LogP contribution in [0.3, 0.4) is 0 Å². The minimum absolute atomic E-state index is 0.0113. The molecule has 60 valence electrons. The van der Waals surface area contributed by atoms with Gasteiger partial charge in [-0.2, -0.15) is 0 Å². The van der Waals surface area contributed by atoms with Crippen molar-refractivity contribution in [2.75, 3.05) is 0 Å². The molecule has 11 heavy (non-hydrogen) atoms. The Bertz CT molecular complexity index is 260. The Morgan fingerprint density at radius 3 is 2.64 bits per heavy atom. The largest absolute Gasteiger partial charge is 0.324 e. The summed E-state index contributed by atoms with van der Waals surface area (Å²) in [6.07, 6.45) is 0. The van der Waals surface area contributed by atoms with Crippen molar-refractivity contribution in [3.8, 4) is 0 Å². The van der Waals surface area contributed by atoms with E-state index in [0.29, 0.717) is 0 Å². The molecule has 2 N–H and O–H groups in total. The lowest BCUT2D eigenvalue weighted by molar-refractivity contribution is 0.818. The van der Waals surface area contributed by atoms with E-state index in [1.807, 2.05) is 25.1 Å². The average molecular weight is 282 g/mol. The van der Waals surface area contributed by atoms with Crippen LogP contribution in [0.1, 0.15) is 18.5 Å². The highest BCUT2D eigenvalue weighted by molar-refractivity contribution is 14.1. The molecule has 0 unspecified atom stereocenters. The Kier molecular flexibility index (Phi) is 3.16. The molecule has 1 nitrogen and oxygen atoms in total. The van der Waals surface area contributed by atoms with Crippen molar-refractivity contribution < 1.29 is 0 Å². The topological polar surface area (TPSA) is 26.0 Å². The van der Waals surface area contributed by atoms with Crippen LogP contribution in [-0.2, 0) is 0 Å². The van der Waals surface area contributed by atoms with Gasteiger partial charge in [-0.05, 0) is 53.3 Å². The van der Waals surface area contributed by atoms with Crippen molar-refractivity contribution in [2.45, 2.75) is 13.0 Å². The van der Waals surface area contributed by atoms with Gasteiger partial charge in [-0.3, -0.25) is 0 Å². The molecule has 1 rings (SSSR count). The number of rotatable bonds is 1. The van der Waals surface area contributed by atoms with Gasteiger partial charge in [0, 0.05) is 14.6 Å². The van der Waals surface area contributed by atoms with Crippen molar-refractivity contribution in [1.29, 1.82) is 0 Å². The van der Waals surface area contributed by atoms with Crippen LogP contribution in [0.4, 0.5) is 0 Å². The van der Waals surface area contributed by atoms with Crippen molar-refractivity contribution in [3.63, 3.8) is 0 Å². The Balaban J connectivity index is 3.13. The number of halogens is 2. The average Bonchev–Trinajstić information content (AvgIpc) is 1.94. The molecular weight excluding hydrogens is 272 g/mol. The molecule has 0 bridgehead atoms. The fourth-order valence-electron chi connectivity index (χ4n) is 0.864. The van der Waals surface area contributed by atoms with E-state index in [9.17, 15) is 0 Å². The lowest BCUT2D eigenvalue weighted by atomic mass is 10.1. The lowest BCUT2D eigenvalue weighted by Crippen LogP contribution is -2.05. The normalized spacial score (nSPS) is 13.1. The van der Waals surface area contributed by atoms with E-state index in [4.69, 9.17) is 17.3 Å². The molecule has 3 heteroatoms. The third-order valence-electron chi connectivity index (χ3n) is 1.45. The second-order valence-corrected chi connectivity index (χ2v) is 4.11. The molecule has 0 saturated carbocycles. The summed E-state index contributed by atoms with van der Waals surface area (Å²) in [7, 11) is 0. The minimum Gasteiger partial charge on any atom is -0.324 e. The second kappa shape index (κ2) is 3.74. The molecule has 0 spiro atoms. The Labute approximate surface area is 85.1 Å². The van der Waals surface area contributed by atoms with E-state index in [1.54, 1.807) is 0 Å². The van der Waals surface area contributed by atoms with Crippen LogP contribution in [0.5, 0.6) is 0 Å². The molecule has 0 radical (unpaired) electrons. The number of hydrogen-bond donors (Lipinski definition) is 1. The third-order valence-corrected chi connectivity index (χ3v) is 2.46. The van der Waals surface area contributed by atoms with Crippen LogP contribution in [0, 0.1) is 3.57 Å². The Morgan fingerprint density at radius 1 is 1.55 bits per heavy atom. The highest BCUT2D eigenvalue weighted by Crippen LogP contribution is 2.23. The van der Waals surface area contributed by atoms with E-state index >= 15 is 0 Å². The maximum Gasteiger partial charge on any atom is 0.0454 e. The van der Waals surface area contributed by atoms with Gasteiger partial charge in [0.1, 0.15) is 0 Å². The van der Waals surface area contributed by atoms with Crippen LogP contribution in [0.25, 0.3) is 0 Å². The van der Waals surface area contributed by atoms with Gasteiger partial charge < -0.3 is 5.73 Å². The molecule has 0 fully saturated rings. The lowest BCUT2D eigenvalue weighted by Gasteiger charge is -2.07. The van der Waals surface area contributed by atoms with Gasteiger partial charge in [-0.15, -0.1) is 0 Å². The zero-order valence-electron chi connectivity index (χ0n) is 6.14. The Hall–Kier alpha value is 0.200. The predicted octanol–water partition coefficient (Wildman–Crippen LogP) is 2.96. The van der Waals surface area contributed by atoms with Crippen molar-refractivity contribution in [2.24, 2.45) is 5.73 Å². The van der Waals surface area contributed by atoms with E-state index in [-0.39, 0.29) is 6.04 Å². The van der Waals surface area contributed by atoms with Gasteiger partial charge in [0.05, 0.1) is 0 Å². The number of benzene rings is 1. The first-order valence-electron chi connectivity index (χ1n) is 3.32. The number of hydrogen-bond acceptors (Lipinski definition) is 1. The first kappa shape index (κ1) is 9.29. The molecule has 0 saturated heterocycles. The van der Waals surface area contributed by atoms with Gasteiger partial charge in [-0.25, -0.2) is 0 Å². The summed E-state index contributed by atoms with van der Waals surface area (Å²) in [5.74, 6) is 0. The highest BCUT2D eigenvalue weighted by atomic mass is 127.